The van der Waals surface area contributed by atoms with Gasteiger partial charge in [0.2, 0.25) is 0 Å². The van der Waals surface area contributed by atoms with Crippen LogP contribution in [-0.2, 0) is 0 Å². The summed E-state index contributed by atoms with van der Waals surface area (Å²) in [7, 11) is 0. The lowest BCUT2D eigenvalue weighted by atomic mass is 10.3. The predicted molar refractivity (Wildman–Crippen MR) is 48.5 cm³/mol. The second kappa shape index (κ2) is 3.04. The van der Waals surface area contributed by atoms with Gasteiger partial charge >= 0.3 is 0 Å². The molecule has 0 bridgehead atoms. The average molecular weight is 317 g/mol. The smallest absolute Gasteiger partial charge is 0.165 e. The predicted octanol–water partition coefficient (Wildman–Crippen LogP) is 2.90. The van der Waals surface area contributed by atoms with Crippen LogP contribution in [0.15, 0.2) is 16.6 Å². The molecule has 1 nitrogen and oxygen atoms in total. The Balaban J connectivity index is 3.28. The average Bonchev–Trinajstić information content (AvgIpc) is 1.84. The first-order valence-corrected chi connectivity index (χ1v) is 4.32. The molecule has 1 N–H and O–H groups in total. The molecule has 1 aromatic rings. The van der Waals surface area contributed by atoms with Gasteiger partial charge in [0, 0.05) is 8.04 Å². The number of hydrogen-bond acceptors (Lipinski definition) is 1. The first-order valence-electron chi connectivity index (χ1n) is 2.45. The molecule has 0 aromatic heterocycles. The van der Waals surface area contributed by atoms with E-state index in [1.807, 2.05) is 22.6 Å². The van der Waals surface area contributed by atoms with Crippen molar-refractivity contribution in [1.82, 2.24) is 0 Å². The topological polar surface area (TPSA) is 20.2 Å². The zero-order valence-corrected chi connectivity index (χ0v) is 8.48. The largest absolute Gasteiger partial charge is 0.505 e. The zero-order chi connectivity index (χ0) is 7.72. The third-order valence-electron chi connectivity index (χ3n) is 0.990. The van der Waals surface area contributed by atoms with E-state index >= 15 is 0 Å². The van der Waals surface area contributed by atoms with E-state index < -0.39 is 5.82 Å². The van der Waals surface area contributed by atoms with Crippen molar-refractivity contribution >= 4 is 38.5 Å². The monoisotopic (exact) mass is 316 g/mol. The van der Waals surface area contributed by atoms with Crippen LogP contribution in [0.1, 0.15) is 0 Å². The quantitative estimate of drug-likeness (QED) is 0.576. The summed E-state index contributed by atoms with van der Waals surface area (Å²) in [6.45, 7) is 0. The van der Waals surface area contributed by atoms with E-state index in [1.165, 1.54) is 12.1 Å². The molecule has 0 aliphatic carbocycles. The Morgan fingerprint density at radius 2 is 2.10 bits per heavy atom. The van der Waals surface area contributed by atoms with E-state index in [9.17, 15) is 4.39 Å². The Kier molecular flexibility index (Phi) is 2.51. The summed E-state index contributed by atoms with van der Waals surface area (Å²) in [5.74, 6) is -0.917. The number of rotatable bonds is 0. The maximum absolute atomic E-state index is 12.5. The lowest BCUT2D eigenvalue weighted by Crippen LogP contribution is -1.79. The van der Waals surface area contributed by atoms with Crippen molar-refractivity contribution in [2.75, 3.05) is 0 Å². The van der Waals surface area contributed by atoms with Crippen molar-refractivity contribution in [3.05, 3.63) is 26.0 Å². The maximum Gasteiger partial charge on any atom is 0.165 e. The van der Waals surface area contributed by atoms with Gasteiger partial charge in [0.15, 0.2) is 11.6 Å². The SMILES string of the molecule is Oc1cc(Br)c(I)cc1F. The molecule has 0 heterocycles. The summed E-state index contributed by atoms with van der Waals surface area (Å²) in [6.07, 6.45) is 0. The number of halogens is 3. The van der Waals surface area contributed by atoms with Crippen molar-refractivity contribution < 1.29 is 9.50 Å². The molecule has 0 atom stereocenters. The van der Waals surface area contributed by atoms with Crippen LogP contribution in [0.5, 0.6) is 5.75 Å². The second-order valence-corrected chi connectivity index (χ2v) is 3.73. The fourth-order valence-corrected chi connectivity index (χ4v) is 1.27. The highest BCUT2D eigenvalue weighted by Crippen LogP contribution is 2.26. The number of aromatic hydroxyl groups is 1. The van der Waals surface area contributed by atoms with Crippen LogP contribution in [0.2, 0.25) is 0 Å². The molecule has 54 valence electrons. The molecule has 0 amide bonds. The van der Waals surface area contributed by atoms with Gasteiger partial charge in [0.1, 0.15) is 0 Å². The molecule has 0 aliphatic rings. The summed E-state index contributed by atoms with van der Waals surface area (Å²) in [5, 5.41) is 8.82. The molecule has 10 heavy (non-hydrogen) atoms. The molecule has 0 aliphatic heterocycles. The Morgan fingerprint density at radius 3 is 2.60 bits per heavy atom. The third kappa shape index (κ3) is 1.60. The minimum absolute atomic E-state index is 0.327. The minimum Gasteiger partial charge on any atom is -0.505 e. The van der Waals surface area contributed by atoms with Gasteiger partial charge in [-0.3, -0.25) is 0 Å². The highest BCUT2D eigenvalue weighted by atomic mass is 127. The van der Waals surface area contributed by atoms with Crippen LogP contribution in [-0.4, -0.2) is 5.11 Å². The summed E-state index contributed by atoms with van der Waals surface area (Å²) in [5.41, 5.74) is 0. The molecule has 1 aromatic carbocycles. The van der Waals surface area contributed by atoms with E-state index in [2.05, 4.69) is 15.9 Å². The Morgan fingerprint density at radius 1 is 1.50 bits per heavy atom. The van der Waals surface area contributed by atoms with E-state index in [4.69, 9.17) is 5.11 Å². The van der Waals surface area contributed by atoms with Gasteiger partial charge in [0.25, 0.3) is 0 Å². The highest BCUT2D eigenvalue weighted by molar-refractivity contribution is 14.1. The van der Waals surface area contributed by atoms with Crippen molar-refractivity contribution in [2.24, 2.45) is 0 Å². The summed E-state index contributed by atoms with van der Waals surface area (Å²) < 4.78 is 13.9. The number of benzene rings is 1. The van der Waals surface area contributed by atoms with E-state index in [1.54, 1.807) is 0 Å². The molecule has 4 heteroatoms. The van der Waals surface area contributed by atoms with Crippen LogP contribution >= 0.6 is 38.5 Å². The van der Waals surface area contributed by atoms with Crippen molar-refractivity contribution in [3.8, 4) is 5.75 Å². The third-order valence-corrected chi connectivity index (χ3v) is 3.28. The molecule has 1 rings (SSSR count). The summed E-state index contributed by atoms with van der Waals surface area (Å²) >= 11 is 5.11. The van der Waals surface area contributed by atoms with Gasteiger partial charge in [0.05, 0.1) is 0 Å². The molecular weight excluding hydrogens is 314 g/mol. The normalized spacial score (nSPS) is 9.90. The molecule has 0 radical (unpaired) electrons. The van der Waals surface area contributed by atoms with Gasteiger partial charge in [-0.2, -0.15) is 0 Å². The molecular formula is C6H3BrFIO. The summed E-state index contributed by atoms with van der Waals surface area (Å²) in [6, 6.07) is 2.59. The van der Waals surface area contributed by atoms with Crippen molar-refractivity contribution in [1.29, 1.82) is 0 Å². The van der Waals surface area contributed by atoms with Crippen LogP contribution in [0.25, 0.3) is 0 Å². The van der Waals surface area contributed by atoms with Crippen LogP contribution in [0.4, 0.5) is 4.39 Å². The first kappa shape index (κ1) is 8.26. The summed E-state index contributed by atoms with van der Waals surface area (Å²) in [4.78, 5) is 0. The maximum atomic E-state index is 12.5. The van der Waals surface area contributed by atoms with Gasteiger partial charge in [-0.1, -0.05) is 0 Å². The van der Waals surface area contributed by atoms with Crippen LogP contribution in [0.3, 0.4) is 0 Å². The first-order chi connectivity index (χ1) is 4.61. The van der Waals surface area contributed by atoms with Gasteiger partial charge in [-0.25, -0.2) is 4.39 Å². The lowest BCUT2D eigenvalue weighted by Gasteiger charge is -1.97. The second-order valence-electron chi connectivity index (χ2n) is 1.72. The van der Waals surface area contributed by atoms with Crippen molar-refractivity contribution in [3.63, 3.8) is 0 Å². The molecule has 0 saturated carbocycles. The standard InChI is InChI=1S/C6H3BrFIO/c7-3-1-6(10)4(8)2-5(3)9/h1-2,10H. The number of hydrogen-bond donors (Lipinski definition) is 1. The number of phenolic OH excluding ortho intramolecular Hbond substituents is 1. The Bertz CT molecular complexity index is 214. The van der Waals surface area contributed by atoms with Gasteiger partial charge in [-0.05, 0) is 50.7 Å². The zero-order valence-electron chi connectivity index (χ0n) is 4.74. The molecule has 0 saturated heterocycles. The molecule has 0 spiro atoms. The van der Waals surface area contributed by atoms with E-state index in [-0.39, 0.29) is 5.75 Å². The Labute approximate surface area is 79.5 Å². The van der Waals surface area contributed by atoms with Crippen LogP contribution in [0, 0.1) is 9.39 Å². The number of phenols is 1. The van der Waals surface area contributed by atoms with Gasteiger partial charge < -0.3 is 5.11 Å². The Hall–Kier alpha value is 0.160. The fourth-order valence-electron chi connectivity index (χ4n) is 0.512. The van der Waals surface area contributed by atoms with E-state index in [0.717, 1.165) is 3.57 Å². The minimum atomic E-state index is -0.590. The van der Waals surface area contributed by atoms with Crippen LogP contribution < -0.4 is 0 Å². The molecule has 0 fully saturated rings. The van der Waals surface area contributed by atoms with Gasteiger partial charge in [-0.15, -0.1) is 0 Å². The highest BCUT2D eigenvalue weighted by Gasteiger charge is 2.03. The van der Waals surface area contributed by atoms with Crippen molar-refractivity contribution in [2.45, 2.75) is 0 Å². The fraction of sp³-hybridized carbons (Fsp3) is 0. The molecule has 0 unspecified atom stereocenters. The lowest BCUT2D eigenvalue weighted by molar-refractivity contribution is 0.431. The van der Waals surface area contributed by atoms with E-state index in [0.29, 0.717) is 4.47 Å².